The summed E-state index contributed by atoms with van der Waals surface area (Å²) in [6, 6.07) is 5.07. The molecule has 2 heterocycles. The second-order valence-corrected chi connectivity index (χ2v) is 8.05. The lowest BCUT2D eigenvalue weighted by Crippen LogP contribution is -2.07. The number of aryl methyl sites for hydroxylation is 1. The van der Waals surface area contributed by atoms with Crippen molar-refractivity contribution in [3.63, 3.8) is 0 Å². The Morgan fingerprint density at radius 3 is 2.96 bits per heavy atom. The predicted molar refractivity (Wildman–Crippen MR) is 104 cm³/mol. The average Bonchev–Trinajstić information content (AvgIpc) is 3.02. The normalized spacial score (nSPS) is 11.0. The molecule has 0 fully saturated rings. The summed E-state index contributed by atoms with van der Waals surface area (Å²) in [5, 5.41) is 3.29. The van der Waals surface area contributed by atoms with E-state index in [4.69, 9.17) is 20.8 Å². The lowest BCUT2D eigenvalue weighted by atomic mass is 10.1. The Bertz CT molecular complexity index is 1010. The van der Waals surface area contributed by atoms with Crippen molar-refractivity contribution in [2.75, 3.05) is 6.61 Å². The number of esters is 1. The summed E-state index contributed by atoms with van der Waals surface area (Å²) in [5.74, 6) is 0.263. The number of nitrogens with zero attached hydrogens (tertiary/aromatic N) is 1. The number of thioether (sulfide) groups is 1. The first-order valence-electron chi connectivity index (χ1n) is 7.92. The highest BCUT2D eigenvalue weighted by Gasteiger charge is 2.12. The molecule has 0 radical (unpaired) electrons. The van der Waals surface area contributed by atoms with Gasteiger partial charge in [-0.3, -0.25) is 4.79 Å². The number of benzene rings is 1. The summed E-state index contributed by atoms with van der Waals surface area (Å²) in [5.41, 5.74) is 2.52. The van der Waals surface area contributed by atoms with Crippen molar-refractivity contribution in [1.29, 1.82) is 0 Å². The van der Waals surface area contributed by atoms with E-state index >= 15 is 0 Å². The summed E-state index contributed by atoms with van der Waals surface area (Å²) < 4.78 is 11.0. The molecule has 0 atom stereocenters. The Balaban J connectivity index is 1.78. The predicted octanol–water partition coefficient (Wildman–Crippen LogP) is 4.61. The molecule has 0 amide bonds. The van der Waals surface area contributed by atoms with Crippen LogP contribution in [0.5, 0.6) is 0 Å². The molecule has 0 aliphatic heterocycles. The fraction of sp³-hybridized carbons (Fsp3) is 0.278. The summed E-state index contributed by atoms with van der Waals surface area (Å²) in [6.45, 7) is 3.99. The third-order valence-electron chi connectivity index (χ3n) is 3.62. The van der Waals surface area contributed by atoms with E-state index in [0.29, 0.717) is 28.7 Å². The number of fused-ring (bicyclic) bond motifs is 1. The summed E-state index contributed by atoms with van der Waals surface area (Å²) >= 11 is 9.17. The van der Waals surface area contributed by atoms with Crippen LogP contribution in [0.3, 0.4) is 0 Å². The number of carbonyl (C=O) groups excluding carboxylic acids is 1. The van der Waals surface area contributed by atoms with E-state index in [1.807, 2.05) is 18.4 Å². The summed E-state index contributed by atoms with van der Waals surface area (Å²) in [6.07, 6.45) is 0.164. The van der Waals surface area contributed by atoms with Gasteiger partial charge in [0, 0.05) is 27.6 Å². The van der Waals surface area contributed by atoms with Gasteiger partial charge in [0.2, 0.25) is 0 Å². The molecule has 0 saturated carbocycles. The van der Waals surface area contributed by atoms with Crippen molar-refractivity contribution in [1.82, 2.24) is 4.98 Å². The van der Waals surface area contributed by atoms with Crippen LogP contribution in [0.15, 0.2) is 37.1 Å². The highest BCUT2D eigenvalue weighted by Crippen LogP contribution is 2.31. The maximum absolute atomic E-state index is 11.8. The van der Waals surface area contributed by atoms with Crippen molar-refractivity contribution in [3.8, 4) is 0 Å². The Labute approximate surface area is 163 Å². The molecule has 1 aromatic carbocycles. The number of rotatable bonds is 6. The molecule has 136 valence electrons. The molecule has 5 nitrogen and oxygen atoms in total. The molecule has 0 aliphatic carbocycles. The Morgan fingerprint density at radius 1 is 1.38 bits per heavy atom. The van der Waals surface area contributed by atoms with Gasteiger partial charge < -0.3 is 9.15 Å². The molecule has 0 bridgehead atoms. The van der Waals surface area contributed by atoms with Crippen molar-refractivity contribution >= 4 is 51.6 Å². The standard InChI is InChI=1S/C18H16ClNO4S2/c1-3-23-16(21)6-12-9-26-18(20-12)25-8-11-5-17(22)24-15-4-10(2)14(19)7-13(11)15/h4-5,7,9H,3,6,8H2,1-2H3. The van der Waals surface area contributed by atoms with E-state index in [-0.39, 0.29) is 12.4 Å². The van der Waals surface area contributed by atoms with Crippen LogP contribution < -0.4 is 5.63 Å². The first-order valence-corrected chi connectivity index (χ1v) is 10.2. The Hall–Kier alpha value is -1.83. The number of ether oxygens (including phenoxy) is 1. The zero-order chi connectivity index (χ0) is 18.7. The number of hydrogen-bond acceptors (Lipinski definition) is 7. The molecule has 8 heteroatoms. The molecule has 26 heavy (non-hydrogen) atoms. The van der Waals surface area contributed by atoms with Gasteiger partial charge in [0.15, 0.2) is 0 Å². The van der Waals surface area contributed by atoms with E-state index in [0.717, 1.165) is 20.9 Å². The number of carbonyl (C=O) groups is 1. The zero-order valence-electron chi connectivity index (χ0n) is 14.2. The minimum absolute atomic E-state index is 0.164. The SMILES string of the molecule is CCOC(=O)Cc1csc(SCc2cc(=O)oc3cc(C)c(Cl)cc23)n1. The second-order valence-electron chi connectivity index (χ2n) is 5.56. The van der Waals surface area contributed by atoms with E-state index in [1.54, 1.807) is 13.0 Å². The monoisotopic (exact) mass is 409 g/mol. The number of hydrogen-bond donors (Lipinski definition) is 0. The molecule has 0 aliphatic rings. The highest BCUT2D eigenvalue weighted by molar-refractivity contribution is 8.00. The molecule has 2 aromatic heterocycles. The van der Waals surface area contributed by atoms with E-state index in [9.17, 15) is 9.59 Å². The first kappa shape index (κ1) is 18.9. The summed E-state index contributed by atoms with van der Waals surface area (Å²) in [7, 11) is 0. The maximum atomic E-state index is 11.8. The van der Waals surface area contributed by atoms with Crippen LogP contribution in [0.1, 0.15) is 23.7 Å². The number of thiazole rings is 1. The fourth-order valence-electron chi connectivity index (χ4n) is 2.40. The minimum atomic E-state index is -0.392. The first-order chi connectivity index (χ1) is 12.5. The van der Waals surface area contributed by atoms with Crippen LogP contribution in [0, 0.1) is 6.92 Å². The van der Waals surface area contributed by atoms with Crippen molar-refractivity contribution in [3.05, 3.63) is 55.8 Å². The Morgan fingerprint density at radius 2 is 2.19 bits per heavy atom. The van der Waals surface area contributed by atoms with Crippen LogP contribution in [-0.4, -0.2) is 17.6 Å². The largest absolute Gasteiger partial charge is 0.466 e. The molecule has 0 N–H and O–H groups in total. The molecule has 3 aromatic rings. The van der Waals surface area contributed by atoms with Crippen molar-refractivity contribution in [2.45, 2.75) is 30.4 Å². The van der Waals surface area contributed by atoms with E-state index in [2.05, 4.69) is 4.98 Å². The van der Waals surface area contributed by atoms with Gasteiger partial charge in [0.1, 0.15) is 9.92 Å². The molecule has 3 rings (SSSR count). The minimum Gasteiger partial charge on any atom is -0.466 e. The van der Waals surface area contributed by atoms with Crippen LogP contribution in [-0.2, 0) is 21.7 Å². The van der Waals surface area contributed by atoms with Gasteiger partial charge >= 0.3 is 11.6 Å². The molecule has 0 unspecified atom stereocenters. The van der Waals surface area contributed by atoms with Gasteiger partial charge in [0.25, 0.3) is 0 Å². The molecule has 0 spiro atoms. The number of aromatic nitrogens is 1. The summed E-state index contributed by atoms with van der Waals surface area (Å²) in [4.78, 5) is 27.8. The van der Waals surface area contributed by atoms with Gasteiger partial charge in [-0.15, -0.1) is 11.3 Å². The lowest BCUT2D eigenvalue weighted by Gasteiger charge is -2.06. The third kappa shape index (κ3) is 4.47. The third-order valence-corrected chi connectivity index (χ3v) is 6.15. The van der Waals surface area contributed by atoms with Crippen molar-refractivity contribution in [2.24, 2.45) is 0 Å². The van der Waals surface area contributed by atoms with Crippen molar-refractivity contribution < 1.29 is 13.9 Å². The fourth-order valence-corrected chi connectivity index (χ4v) is 4.40. The van der Waals surface area contributed by atoms with Crippen LogP contribution in [0.25, 0.3) is 11.0 Å². The van der Waals surface area contributed by atoms with Gasteiger partial charge in [-0.1, -0.05) is 23.4 Å². The smallest absolute Gasteiger partial charge is 0.336 e. The highest BCUT2D eigenvalue weighted by atomic mass is 35.5. The van der Waals surface area contributed by atoms with Gasteiger partial charge in [-0.2, -0.15) is 0 Å². The molecule has 0 saturated heterocycles. The van der Waals surface area contributed by atoms with Crippen LogP contribution in [0.2, 0.25) is 5.02 Å². The average molecular weight is 410 g/mol. The topological polar surface area (TPSA) is 69.4 Å². The quantitative estimate of drug-likeness (QED) is 0.336. The zero-order valence-corrected chi connectivity index (χ0v) is 16.6. The van der Waals surface area contributed by atoms with E-state index < -0.39 is 5.63 Å². The van der Waals surface area contributed by atoms with Gasteiger partial charge in [-0.25, -0.2) is 9.78 Å². The molecular weight excluding hydrogens is 394 g/mol. The molecular formula is C18H16ClNO4S2. The maximum Gasteiger partial charge on any atom is 0.336 e. The van der Waals surface area contributed by atoms with Crippen LogP contribution >= 0.6 is 34.7 Å². The van der Waals surface area contributed by atoms with Gasteiger partial charge in [0.05, 0.1) is 18.7 Å². The number of halogens is 1. The lowest BCUT2D eigenvalue weighted by molar-refractivity contribution is -0.142. The Kier molecular flexibility index (Phi) is 6.01. The second kappa shape index (κ2) is 8.24. The van der Waals surface area contributed by atoms with E-state index in [1.165, 1.54) is 29.2 Å². The van der Waals surface area contributed by atoms with Crippen LogP contribution in [0.4, 0.5) is 0 Å². The van der Waals surface area contributed by atoms with Gasteiger partial charge in [-0.05, 0) is 37.1 Å².